The largest absolute Gasteiger partial charge is 4.00 e. The number of aliphatic imine (C=N–C) groups is 2. The molecule has 0 saturated heterocycles. The van der Waals surface area contributed by atoms with Crippen LogP contribution >= 0.6 is 0 Å². The molecule has 0 unspecified atom stereocenters. The number of hydrogen-bond donors (Lipinski definition) is 2. The average Bonchev–Trinajstić information content (AvgIpc) is 0.754. The Bertz CT molecular complexity index is 7230. The summed E-state index contributed by atoms with van der Waals surface area (Å²) in [4.78, 5) is 10.5. The summed E-state index contributed by atoms with van der Waals surface area (Å²) in [6.07, 6.45) is 11.6. The zero-order valence-corrected chi connectivity index (χ0v) is 76.0. The van der Waals surface area contributed by atoms with E-state index in [-0.39, 0.29) is 102 Å². The molecule has 0 amide bonds. The smallest absolute Gasteiger partial charge is 2.00 e. The van der Waals surface area contributed by atoms with Crippen LogP contribution in [-0.2, 0) is 67.5 Å². The number of rotatable bonds is 18. The maximum Gasteiger partial charge on any atom is 4.00 e. The van der Waals surface area contributed by atoms with Crippen molar-refractivity contribution >= 4 is 98.6 Å². The van der Waals surface area contributed by atoms with Crippen molar-refractivity contribution in [1.82, 2.24) is 10.6 Å². The summed E-state index contributed by atoms with van der Waals surface area (Å²) in [5.74, 6) is 0.0239. The Morgan fingerprint density at radius 2 is 0.455 bits per heavy atom. The predicted molar refractivity (Wildman–Crippen MR) is 529 cm³/mol. The van der Waals surface area contributed by atoms with E-state index < -0.39 is 0 Å². The maximum atomic E-state index is 15.1. The molecule has 2 aliphatic rings. The first-order valence-electron chi connectivity index (χ1n) is 44.9. The average molecular weight is 1780 g/mol. The second-order valence-corrected chi connectivity index (χ2v) is 34.2. The van der Waals surface area contributed by atoms with Gasteiger partial charge in [0.1, 0.15) is 0 Å². The SMILES string of the molecule is [O-2].[O-2].[O-]c1c(C=N[C@@H]2CCCC[C@H]2NCc2cc3ccccc3c(-c3c(-c4ccccc4)ccc4ccccc34)c2[O-])cc2ccccc2c1-c1c(-c2ccccc2)ccc2ccccc12.[O-]c1c(C=N[C@@H]2CCCC[C@H]2NCc2cc3ccccc3c(-c3c(-c4ccccc4)ccc4ccccc34)c2[O-])cc2ccccc2c1-c1c(-c2ccccc2)ccc2ccccc12.[Ti+4].[Ti+4]. The van der Waals surface area contributed by atoms with Crippen molar-refractivity contribution < 1.29 is 74.8 Å². The third kappa shape index (κ3) is 17.6. The van der Waals surface area contributed by atoms with E-state index in [0.29, 0.717) is 35.3 Å². The number of benzene rings is 20. The number of nitrogens with zero attached hydrogens (tertiary/aromatic N) is 2. The van der Waals surface area contributed by atoms with Crippen LogP contribution in [0.5, 0.6) is 23.0 Å². The standard InChI is InChI=1S/2C60H48N2O2.2O.2Ti/c2*63-59-45(35-43-23-9-13-27-49(43)57(59)55-47-25-11-7-21-41(47)31-33-51(55)39-17-3-1-4-18-39)37-61-53-29-15-16-30-54(53)62-38-46-36-44-24-10-14-28-50(44)58(60(46)64)56-48-26-12-8-22-42(48)32-34-52(56)40-19-5-2-6-20-40;;;;/h2*1-14,17-28,31-37,53-54,62-64H,15-16,29-30,38H2;;;;/q;;2*-2;2*+4/p-4/t2*53-,54-;;;;/m11..../s1. The van der Waals surface area contributed by atoms with Crippen molar-refractivity contribution in [3.8, 4) is 112 Å². The van der Waals surface area contributed by atoms with Crippen LogP contribution in [0, 0.1) is 0 Å². The van der Waals surface area contributed by atoms with Crippen LogP contribution in [0.25, 0.3) is 175 Å². The first kappa shape index (κ1) is 90.2. The van der Waals surface area contributed by atoms with E-state index in [1.54, 1.807) is 0 Å². The molecule has 4 atom stereocenters. The summed E-state index contributed by atoms with van der Waals surface area (Å²) < 4.78 is 0. The fourth-order valence-corrected chi connectivity index (χ4v) is 20.4. The first-order valence-corrected chi connectivity index (χ1v) is 44.9. The Hall–Kier alpha value is -13.7. The van der Waals surface area contributed by atoms with Gasteiger partial charge in [-0.2, -0.15) is 0 Å². The van der Waals surface area contributed by atoms with Crippen LogP contribution in [0.2, 0.25) is 0 Å². The van der Waals surface area contributed by atoms with E-state index in [9.17, 15) is 0 Å². The molecule has 2 saturated carbocycles. The molecule has 20 aromatic carbocycles. The Morgan fingerprint density at radius 1 is 0.235 bits per heavy atom. The van der Waals surface area contributed by atoms with Crippen molar-refractivity contribution in [2.45, 2.75) is 88.6 Å². The van der Waals surface area contributed by atoms with E-state index in [0.717, 1.165) is 227 Å². The summed E-state index contributed by atoms with van der Waals surface area (Å²) in [7, 11) is 0. The monoisotopic (exact) mass is 1780 g/mol. The van der Waals surface area contributed by atoms with Gasteiger partial charge in [-0.3, -0.25) is 9.98 Å². The van der Waals surface area contributed by atoms with Gasteiger partial charge in [-0.15, -0.1) is 0 Å². The maximum absolute atomic E-state index is 15.1. The minimum absolute atomic E-state index is 0. The number of nitrogens with one attached hydrogen (secondary N) is 2. The summed E-state index contributed by atoms with van der Waals surface area (Å²) in [6.45, 7) is 0.824. The van der Waals surface area contributed by atoms with Crippen molar-refractivity contribution in [1.29, 1.82) is 0 Å². The predicted octanol–water partition coefficient (Wildman–Crippen LogP) is 27.0. The third-order valence-electron chi connectivity index (χ3n) is 26.7. The van der Waals surface area contributed by atoms with Gasteiger partial charge in [0, 0.05) is 37.6 Å². The van der Waals surface area contributed by atoms with E-state index in [4.69, 9.17) is 9.98 Å². The molecule has 132 heavy (non-hydrogen) atoms. The van der Waals surface area contributed by atoms with Crippen molar-refractivity contribution in [3.05, 3.63) is 411 Å². The van der Waals surface area contributed by atoms with Crippen molar-refractivity contribution in [2.24, 2.45) is 9.98 Å². The number of fused-ring (bicyclic) bond motifs is 8. The molecule has 0 bridgehead atoms. The number of hydrogen-bond acceptors (Lipinski definition) is 8. The molecular weight excluding hydrogens is 1690 g/mol. The van der Waals surface area contributed by atoms with Crippen molar-refractivity contribution in [2.75, 3.05) is 0 Å². The normalized spacial score (nSPS) is 15.0. The molecular formula is C120H92N4O6Ti2. The molecule has 22 rings (SSSR count). The Labute approximate surface area is 798 Å². The van der Waals surface area contributed by atoms with Gasteiger partial charge < -0.3 is 42.0 Å². The molecule has 10 nitrogen and oxygen atoms in total. The van der Waals surface area contributed by atoms with Crippen LogP contribution in [-0.4, -0.2) is 36.6 Å². The molecule has 2 fully saturated rings. The van der Waals surface area contributed by atoms with Crippen LogP contribution in [0.15, 0.2) is 398 Å². The zero-order valence-electron chi connectivity index (χ0n) is 72.8. The zero-order chi connectivity index (χ0) is 86.0. The van der Waals surface area contributed by atoms with Crippen LogP contribution in [0.1, 0.15) is 73.6 Å². The van der Waals surface area contributed by atoms with Gasteiger partial charge in [0.2, 0.25) is 0 Å². The van der Waals surface area contributed by atoms with Gasteiger partial charge in [0.05, 0.1) is 12.1 Å². The second kappa shape index (κ2) is 40.3. The summed E-state index contributed by atoms with van der Waals surface area (Å²) in [6, 6.07) is 133. The molecule has 12 heteroatoms. The molecule has 0 heterocycles. The molecule has 636 valence electrons. The van der Waals surface area contributed by atoms with E-state index in [1.807, 2.05) is 134 Å². The van der Waals surface area contributed by atoms with Gasteiger partial charge in [-0.25, -0.2) is 0 Å². The van der Waals surface area contributed by atoms with Crippen molar-refractivity contribution in [3.63, 3.8) is 0 Å². The summed E-state index contributed by atoms with van der Waals surface area (Å²) in [5, 5.41) is 84.2. The second-order valence-electron chi connectivity index (χ2n) is 34.2. The van der Waals surface area contributed by atoms with Gasteiger partial charge in [0.25, 0.3) is 0 Å². The van der Waals surface area contributed by atoms with E-state index >= 15 is 20.4 Å². The first-order chi connectivity index (χ1) is 63.2. The van der Waals surface area contributed by atoms with Crippen LogP contribution in [0.3, 0.4) is 0 Å². The van der Waals surface area contributed by atoms with Crippen LogP contribution < -0.4 is 31.1 Å². The molecule has 0 aromatic heterocycles. The summed E-state index contributed by atoms with van der Waals surface area (Å²) in [5.41, 5.74) is 17.7. The van der Waals surface area contributed by atoms with Gasteiger partial charge >= 0.3 is 43.4 Å². The Balaban J connectivity index is 0.000000179. The fourth-order valence-electron chi connectivity index (χ4n) is 20.4. The van der Waals surface area contributed by atoms with E-state index in [2.05, 4.69) is 278 Å². The molecule has 2 aliphatic carbocycles. The van der Waals surface area contributed by atoms with Gasteiger partial charge in [-0.05, 0) is 235 Å². The van der Waals surface area contributed by atoms with Gasteiger partial charge in [-0.1, -0.05) is 425 Å². The minimum atomic E-state index is -0.0571. The third-order valence-corrected chi connectivity index (χ3v) is 26.7. The van der Waals surface area contributed by atoms with Gasteiger partial charge in [0.15, 0.2) is 0 Å². The Kier molecular flexibility index (Phi) is 27.6. The topological polar surface area (TPSA) is 198 Å². The van der Waals surface area contributed by atoms with E-state index in [1.165, 1.54) is 0 Å². The minimum Gasteiger partial charge on any atom is -2.00 e. The molecule has 20 aromatic rings. The molecule has 2 N–H and O–H groups in total. The fraction of sp³-hybridized carbons (Fsp3) is 0.117. The Morgan fingerprint density at radius 3 is 0.727 bits per heavy atom. The van der Waals surface area contributed by atoms with Crippen LogP contribution in [0.4, 0.5) is 0 Å². The summed E-state index contributed by atoms with van der Waals surface area (Å²) >= 11 is 0. The molecule has 0 aliphatic heterocycles. The molecule has 0 spiro atoms. The quantitative estimate of drug-likeness (QED) is 0.0633. The molecule has 0 radical (unpaired) electrons.